The summed E-state index contributed by atoms with van der Waals surface area (Å²) in [6.45, 7) is 8.09. The van der Waals surface area contributed by atoms with Gasteiger partial charge in [-0.05, 0) is 42.7 Å². The Morgan fingerprint density at radius 1 is 1.50 bits per heavy atom. The van der Waals surface area contributed by atoms with E-state index in [0.717, 1.165) is 24.0 Å². The maximum Gasteiger partial charge on any atom is 0.334 e. The van der Waals surface area contributed by atoms with Crippen LogP contribution in [0.25, 0.3) is 0 Å². The predicted molar refractivity (Wildman–Crippen MR) is 65.6 cm³/mol. The first-order valence-electron chi connectivity index (χ1n) is 6.71. The maximum absolute atomic E-state index is 11.7. The van der Waals surface area contributed by atoms with Gasteiger partial charge in [0.25, 0.3) is 0 Å². The summed E-state index contributed by atoms with van der Waals surface area (Å²) in [6, 6.07) is 0. The highest BCUT2D eigenvalue weighted by Crippen LogP contribution is 2.73. The Balaban J connectivity index is 1.83. The average molecular weight is 246 g/mol. The topological polar surface area (TPSA) is 46.5 Å². The Labute approximate surface area is 107 Å². The van der Waals surface area contributed by atoms with Crippen molar-refractivity contribution >= 4 is 5.97 Å². The summed E-state index contributed by atoms with van der Waals surface area (Å²) < 4.78 is 5.44. The molecule has 3 saturated carbocycles. The van der Waals surface area contributed by atoms with Crippen LogP contribution >= 0.6 is 0 Å². The molecule has 0 aromatic carbocycles. The second-order valence-corrected chi connectivity index (χ2v) is 6.68. The Morgan fingerprint density at radius 3 is 2.94 bits per heavy atom. The van der Waals surface area contributed by atoms with E-state index in [-0.39, 0.29) is 17.5 Å². The first-order chi connectivity index (χ1) is 8.38. The van der Waals surface area contributed by atoms with E-state index in [9.17, 15) is 9.90 Å². The van der Waals surface area contributed by atoms with E-state index in [1.54, 1.807) is 0 Å². The molecule has 1 aliphatic heterocycles. The zero-order chi connectivity index (χ0) is 12.9. The predicted octanol–water partition coefficient (Wildman–Crippen LogP) is 1.97. The van der Waals surface area contributed by atoms with E-state index < -0.39 is 5.60 Å². The van der Waals surface area contributed by atoms with Gasteiger partial charge >= 0.3 is 5.97 Å². The lowest BCUT2D eigenvalue weighted by Gasteiger charge is -2.48. The zero-order valence-electron chi connectivity index (χ0n) is 10.8. The molecule has 1 N–H and O–H groups in total. The van der Waals surface area contributed by atoms with Crippen LogP contribution < -0.4 is 0 Å². The van der Waals surface area contributed by atoms with Crippen LogP contribution in [0.3, 0.4) is 0 Å². The molecule has 18 heavy (non-hydrogen) atoms. The average Bonchev–Trinajstić information content (AvgIpc) is 3.03. The van der Waals surface area contributed by atoms with Crippen LogP contribution in [0, 0.1) is 17.3 Å². The molecule has 4 aliphatic rings. The van der Waals surface area contributed by atoms with E-state index >= 15 is 0 Å². The van der Waals surface area contributed by atoms with Gasteiger partial charge in [-0.2, -0.15) is 0 Å². The van der Waals surface area contributed by atoms with Crippen molar-refractivity contribution in [2.45, 2.75) is 44.8 Å². The molecular formula is C15H18O3. The molecule has 0 saturated heterocycles. The van der Waals surface area contributed by atoms with Gasteiger partial charge in [0.1, 0.15) is 6.10 Å². The number of hydrogen-bond donors (Lipinski definition) is 1. The largest absolute Gasteiger partial charge is 0.454 e. The molecule has 1 heterocycles. The van der Waals surface area contributed by atoms with Gasteiger partial charge in [-0.1, -0.05) is 13.5 Å². The molecule has 0 spiro atoms. The number of esters is 1. The highest BCUT2D eigenvalue weighted by atomic mass is 16.5. The highest BCUT2D eigenvalue weighted by molar-refractivity contribution is 5.92. The molecule has 0 amide bonds. The van der Waals surface area contributed by atoms with Gasteiger partial charge in [0, 0.05) is 17.4 Å². The number of rotatable bonds is 0. The van der Waals surface area contributed by atoms with Crippen LogP contribution in [-0.4, -0.2) is 22.8 Å². The normalized spacial score (nSPS) is 52.9. The van der Waals surface area contributed by atoms with E-state index in [1.807, 2.05) is 6.92 Å². The third kappa shape index (κ3) is 0.923. The first-order valence-corrected chi connectivity index (χ1v) is 6.71. The summed E-state index contributed by atoms with van der Waals surface area (Å²) in [7, 11) is 0. The van der Waals surface area contributed by atoms with Crippen molar-refractivity contribution in [3.8, 4) is 0 Å². The summed E-state index contributed by atoms with van der Waals surface area (Å²) >= 11 is 0. The van der Waals surface area contributed by atoms with E-state index in [2.05, 4.69) is 13.5 Å². The van der Waals surface area contributed by atoms with Crippen LogP contribution in [-0.2, 0) is 9.53 Å². The van der Waals surface area contributed by atoms with Gasteiger partial charge in [-0.25, -0.2) is 4.79 Å². The molecule has 0 aromatic rings. The third-order valence-corrected chi connectivity index (χ3v) is 6.01. The molecule has 3 fully saturated rings. The Morgan fingerprint density at radius 2 is 2.22 bits per heavy atom. The molecule has 3 nitrogen and oxygen atoms in total. The quantitative estimate of drug-likeness (QED) is 0.525. The fourth-order valence-corrected chi connectivity index (χ4v) is 4.63. The van der Waals surface area contributed by atoms with Crippen LogP contribution in [0.2, 0.25) is 0 Å². The van der Waals surface area contributed by atoms with E-state index in [4.69, 9.17) is 4.74 Å². The number of carbonyl (C=O) groups is 1. The first kappa shape index (κ1) is 10.8. The second kappa shape index (κ2) is 2.74. The molecular weight excluding hydrogens is 228 g/mol. The van der Waals surface area contributed by atoms with Crippen molar-refractivity contribution in [1.82, 2.24) is 0 Å². The molecule has 96 valence electrons. The van der Waals surface area contributed by atoms with Crippen LogP contribution in [0.5, 0.6) is 0 Å². The molecule has 0 aromatic heterocycles. The Bertz CT molecular complexity index is 532. The van der Waals surface area contributed by atoms with Gasteiger partial charge in [0.15, 0.2) is 0 Å². The van der Waals surface area contributed by atoms with Crippen LogP contribution in [0.1, 0.15) is 33.1 Å². The fourth-order valence-electron chi connectivity index (χ4n) is 4.63. The number of hydrogen-bond acceptors (Lipinski definition) is 3. The number of aliphatic hydroxyl groups is 1. The molecule has 0 radical (unpaired) electrons. The van der Waals surface area contributed by atoms with Crippen LogP contribution in [0.4, 0.5) is 0 Å². The van der Waals surface area contributed by atoms with Gasteiger partial charge in [-0.15, -0.1) is 0 Å². The minimum Gasteiger partial charge on any atom is -0.454 e. The second-order valence-electron chi connectivity index (χ2n) is 6.68. The van der Waals surface area contributed by atoms with Crippen molar-refractivity contribution in [2.24, 2.45) is 17.3 Å². The van der Waals surface area contributed by atoms with Crippen LogP contribution in [0.15, 0.2) is 23.3 Å². The minimum absolute atomic E-state index is 0.102. The monoisotopic (exact) mass is 246 g/mol. The molecule has 0 bridgehead atoms. The minimum atomic E-state index is -0.818. The molecule has 3 heteroatoms. The maximum atomic E-state index is 11.7. The van der Waals surface area contributed by atoms with Crippen molar-refractivity contribution in [1.29, 1.82) is 0 Å². The molecule has 3 aliphatic carbocycles. The van der Waals surface area contributed by atoms with Gasteiger partial charge in [-0.3, -0.25) is 0 Å². The van der Waals surface area contributed by atoms with Crippen molar-refractivity contribution in [2.75, 3.05) is 0 Å². The summed E-state index contributed by atoms with van der Waals surface area (Å²) in [5.74, 6) is 0.826. The summed E-state index contributed by atoms with van der Waals surface area (Å²) in [5, 5.41) is 11.1. The van der Waals surface area contributed by atoms with Gasteiger partial charge in [0.2, 0.25) is 0 Å². The Hall–Kier alpha value is -1.09. The number of fused-ring (bicyclic) bond motifs is 4. The SMILES string of the molecule is C=C1[C@H]2C[C@H]2[C@]2(C)C[C@H]3OC(=O)C(C)=C3C[C@]12O. The fraction of sp³-hybridized carbons (Fsp3) is 0.667. The lowest BCUT2D eigenvalue weighted by atomic mass is 9.60. The van der Waals surface area contributed by atoms with Crippen molar-refractivity contribution in [3.05, 3.63) is 23.3 Å². The number of carbonyl (C=O) groups excluding carboxylic acids is 1. The third-order valence-electron chi connectivity index (χ3n) is 6.01. The number of ether oxygens (including phenoxy) is 1. The molecule has 5 atom stereocenters. The van der Waals surface area contributed by atoms with Crippen molar-refractivity contribution < 1.29 is 14.6 Å². The smallest absolute Gasteiger partial charge is 0.334 e. The lowest BCUT2D eigenvalue weighted by Crippen LogP contribution is -2.52. The molecule has 4 rings (SSSR count). The molecule has 0 unspecified atom stereocenters. The van der Waals surface area contributed by atoms with E-state index in [1.165, 1.54) is 0 Å². The Kier molecular flexibility index (Phi) is 1.65. The zero-order valence-corrected chi connectivity index (χ0v) is 10.8. The van der Waals surface area contributed by atoms with Crippen molar-refractivity contribution in [3.63, 3.8) is 0 Å². The summed E-state index contributed by atoms with van der Waals surface area (Å²) in [4.78, 5) is 11.7. The van der Waals surface area contributed by atoms with E-state index in [0.29, 0.717) is 23.8 Å². The van der Waals surface area contributed by atoms with Gasteiger partial charge < -0.3 is 9.84 Å². The standard InChI is InChI=1S/C15H18O3/c1-7-10-5-15(17)8(2)9-4-11(9)14(15,3)6-12(10)18-13(7)16/h9,11-12,17H,2,4-6H2,1,3H3/t9-,11-,12-,14+,15+/m1/s1. The summed E-state index contributed by atoms with van der Waals surface area (Å²) in [5.41, 5.74) is 1.72. The lowest BCUT2D eigenvalue weighted by molar-refractivity contribution is -0.145. The summed E-state index contributed by atoms with van der Waals surface area (Å²) in [6.07, 6.45) is 2.34. The van der Waals surface area contributed by atoms with Gasteiger partial charge in [0.05, 0.1) is 5.60 Å². The highest BCUT2D eigenvalue weighted by Gasteiger charge is 2.72.